The van der Waals surface area contributed by atoms with Gasteiger partial charge in [-0.15, -0.1) is 0 Å². The molecule has 7 nitrogen and oxygen atoms in total. The summed E-state index contributed by atoms with van der Waals surface area (Å²) in [5, 5.41) is 12.8. The Morgan fingerprint density at radius 3 is 2.85 bits per heavy atom. The number of hydrogen-bond donors (Lipinski definition) is 3. The number of nitrogens with zero attached hydrogens (tertiary/aromatic N) is 1. The average Bonchev–Trinajstić information content (AvgIpc) is 2.91. The van der Waals surface area contributed by atoms with Gasteiger partial charge in [-0.05, 0) is 30.2 Å². The van der Waals surface area contributed by atoms with Crippen LogP contribution in [0, 0.1) is 5.89 Å². The molecule has 1 aliphatic heterocycles. The average molecular weight is 383 g/mol. The van der Waals surface area contributed by atoms with E-state index in [9.17, 15) is 19.5 Å². The van der Waals surface area contributed by atoms with E-state index in [2.05, 4.69) is 0 Å². The predicted molar refractivity (Wildman–Crippen MR) is 97.1 cm³/mol. The van der Waals surface area contributed by atoms with Crippen LogP contribution in [0.5, 0.6) is 0 Å². The molecule has 0 aliphatic carbocycles. The zero-order valence-corrected chi connectivity index (χ0v) is 13.1. The van der Waals surface area contributed by atoms with Gasteiger partial charge in [0, 0.05) is 32.7 Å². The maximum Gasteiger partial charge on any atom is 0.249 e. The molecule has 3 amide bonds. The second kappa shape index (κ2) is 8.31. The summed E-state index contributed by atoms with van der Waals surface area (Å²) in [6.07, 6.45) is -8.27. The number of rotatable bonds is 5. The number of likely N-dealkylation sites (N-methyl/N-ethyl adjacent to an activating group) is 1. The van der Waals surface area contributed by atoms with E-state index in [1.54, 1.807) is 0 Å². The molecule has 0 spiro atoms. The molecule has 0 unspecified atom stereocenters. The first-order valence-electron chi connectivity index (χ1n) is 17.2. The van der Waals surface area contributed by atoms with Gasteiger partial charge in [-0.1, -0.05) is 37.9 Å². The van der Waals surface area contributed by atoms with Gasteiger partial charge in [-0.3, -0.25) is 14.4 Å². The van der Waals surface area contributed by atoms with E-state index >= 15 is 0 Å². The third-order valence-corrected chi connectivity index (χ3v) is 2.96. The van der Waals surface area contributed by atoms with Crippen LogP contribution in [0.3, 0.4) is 0 Å². The Balaban J connectivity index is 2.92. The van der Waals surface area contributed by atoms with Crippen LogP contribution in [0.4, 0.5) is 0 Å². The van der Waals surface area contributed by atoms with E-state index < -0.39 is 110 Å². The highest BCUT2D eigenvalue weighted by molar-refractivity contribution is 5.93. The lowest BCUT2D eigenvalue weighted by molar-refractivity contribution is -0.137. The molecule has 2 rings (SSSR count). The molecule has 3 atom stereocenters. The van der Waals surface area contributed by atoms with Crippen LogP contribution in [-0.2, 0) is 20.8 Å². The Hall–Kier alpha value is -2.41. The van der Waals surface area contributed by atoms with Gasteiger partial charge in [0.25, 0.3) is 0 Å². The molecule has 0 saturated heterocycles. The van der Waals surface area contributed by atoms with Gasteiger partial charge in [0.05, 0.1) is 9.60 Å². The van der Waals surface area contributed by atoms with Crippen molar-refractivity contribution in [3.05, 3.63) is 35.3 Å². The first kappa shape index (κ1) is 5.79. The molecule has 1 aromatic carbocycles. The van der Waals surface area contributed by atoms with Crippen LogP contribution in [-0.4, -0.2) is 53.4 Å². The van der Waals surface area contributed by atoms with Gasteiger partial charge in [0.1, 0.15) is 18.1 Å². The standard InChI is InChI=1S/C19H27N3O4/c1-11(2)16(23)18(25)20-12(3)17(24)21-15-14-8-6-5-7-13(14)9-10-22(4)19(15)26/h5-8,11-12,15-16,23H,9-10H2,1-4H3,(H,20,25)(H,21,24)/t12-,15-,16-/m0/s1/i1D3,2D3,3D3,5D,6D,7D,8D,9D2,10D2,11D,12D,15D,16D. The molecule has 7 heteroatoms. The summed E-state index contributed by atoms with van der Waals surface area (Å²) in [5.74, 6) is -11.7. The van der Waals surface area contributed by atoms with Crippen LogP contribution in [0.15, 0.2) is 24.2 Å². The Morgan fingerprint density at radius 2 is 2.15 bits per heavy atom. The molecule has 26 heavy (non-hydrogen) atoms. The Bertz CT molecular complexity index is 1490. The van der Waals surface area contributed by atoms with Crippen molar-refractivity contribution in [2.45, 2.75) is 45.0 Å². The van der Waals surface area contributed by atoms with Crippen LogP contribution < -0.4 is 10.6 Å². The van der Waals surface area contributed by atoms with Crippen molar-refractivity contribution in [2.75, 3.05) is 13.5 Å². The number of fused-ring (bicyclic) bond motifs is 1. The van der Waals surface area contributed by atoms with E-state index in [0.717, 1.165) is 5.32 Å². The summed E-state index contributed by atoms with van der Waals surface area (Å²) in [6, 6.07) is -13.3. The number of nitrogens with one attached hydrogen (secondary N) is 2. The quantitative estimate of drug-likeness (QED) is 0.686. The van der Waals surface area contributed by atoms with Gasteiger partial charge in [0.15, 0.2) is 0 Å². The van der Waals surface area contributed by atoms with Crippen LogP contribution in [0.25, 0.3) is 0 Å². The summed E-state index contributed by atoms with van der Waals surface area (Å²) in [6.45, 7) is -16.1. The molecule has 0 fully saturated rings. The van der Waals surface area contributed by atoms with Gasteiger partial charge in [-0.25, -0.2) is 0 Å². The second-order valence-corrected chi connectivity index (χ2v) is 4.73. The number of carbonyl (C=O) groups is 3. The van der Waals surface area contributed by atoms with Gasteiger partial charge >= 0.3 is 0 Å². The summed E-state index contributed by atoms with van der Waals surface area (Å²) in [5.41, 5.74) is -2.84. The first-order chi connectivity index (χ1) is 20.5. The molecule has 0 aromatic heterocycles. The molecule has 0 radical (unpaired) electrons. The fourth-order valence-corrected chi connectivity index (χ4v) is 1.69. The largest absolute Gasteiger partial charge is 0.383 e. The molecule has 1 heterocycles. The second-order valence-electron chi connectivity index (χ2n) is 4.73. The third kappa shape index (κ3) is 4.40. The molecular formula is C19H27N3O4. The minimum absolute atomic E-state index is 0.129. The summed E-state index contributed by atoms with van der Waals surface area (Å²) in [7, 11) is 0.551. The number of amides is 3. The Morgan fingerprint density at radius 1 is 1.42 bits per heavy atom. The van der Waals surface area contributed by atoms with Crippen molar-refractivity contribution >= 4 is 17.7 Å². The molecule has 1 aliphatic rings. The Labute approximate surface area is 183 Å². The SMILES string of the molecule is [2H]c1c([2H])c([2H])c2c(c1[2H])C([2H])([2H])C([2H])([2H])N(C)C(=O)[C@@]2([2H])NC(=O)[C@@]([2H])(NC(=O)[C@@]([2H])(O)C([2H])(C([2H])([2H])[2H])C([2H])([2H])[2H])C([2H])([2H])[2H]. The first-order valence-corrected chi connectivity index (χ1v) is 6.73. The monoisotopic (exact) mass is 382 g/mol. The maximum absolute atomic E-state index is 13.6. The topological polar surface area (TPSA) is 98.7 Å². The lowest BCUT2D eigenvalue weighted by Gasteiger charge is -2.24. The summed E-state index contributed by atoms with van der Waals surface area (Å²) >= 11 is 0. The van der Waals surface area contributed by atoms with Crippen molar-refractivity contribution in [2.24, 2.45) is 5.89 Å². The normalized spacial score (nSPS) is 42.2. The smallest absolute Gasteiger partial charge is 0.249 e. The van der Waals surface area contributed by atoms with E-state index in [4.69, 9.17) is 28.8 Å². The van der Waals surface area contributed by atoms with E-state index in [0.29, 0.717) is 7.05 Å². The minimum atomic E-state index is -4.68. The summed E-state index contributed by atoms with van der Waals surface area (Å²) in [4.78, 5) is 40.1. The highest BCUT2D eigenvalue weighted by atomic mass is 16.3. The van der Waals surface area contributed by atoms with Crippen LogP contribution in [0.2, 0.25) is 0 Å². The molecule has 0 bridgehead atoms. The molecule has 3 N–H and O–H groups in total. The van der Waals surface area contributed by atoms with Gasteiger partial charge in [-0.2, -0.15) is 0 Å². The van der Waals surface area contributed by atoms with Crippen molar-refractivity contribution in [3.8, 4) is 0 Å². The molecule has 142 valence electrons. The number of carbonyl (C=O) groups excluding carboxylic acids is 3. The fourth-order valence-electron chi connectivity index (χ4n) is 1.69. The van der Waals surface area contributed by atoms with Crippen molar-refractivity contribution in [1.29, 1.82) is 0 Å². The lowest BCUT2D eigenvalue weighted by atomic mass is 9.99. The van der Waals surface area contributed by atoms with Crippen molar-refractivity contribution in [1.82, 2.24) is 15.5 Å². The molecular weight excluding hydrogens is 334 g/mol. The molecule has 1 aromatic rings. The zero-order valence-electron chi connectivity index (χ0n) is 34.1. The fraction of sp³-hybridized carbons (Fsp3) is 0.526. The highest BCUT2D eigenvalue weighted by Gasteiger charge is 2.32. The number of benzene rings is 1. The maximum atomic E-state index is 13.6. The van der Waals surface area contributed by atoms with Crippen LogP contribution >= 0.6 is 0 Å². The lowest BCUT2D eigenvalue weighted by Crippen LogP contribution is -2.51. The minimum Gasteiger partial charge on any atom is -0.383 e. The van der Waals surface area contributed by atoms with Crippen molar-refractivity contribution in [3.63, 3.8) is 0 Å². The highest BCUT2D eigenvalue weighted by Crippen LogP contribution is 2.24. The number of aliphatic hydroxyl groups is 1. The van der Waals surface area contributed by atoms with Crippen molar-refractivity contribution < 1.29 is 48.3 Å². The van der Waals surface area contributed by atoms with Gasteiger partial charge in [0.2, 0.25) is 17.7 Å². The Kier molecular flexibility index (Phi) is 1.85. The summed E-state index contributed by atoms with van der Waals surface area (Å²) < 4.78 is 166. The molecule has 0 saturated carbocycles. The third-order valence-electron chi connectivity index (χ3n) is 2.96. The van der Waals surface area contributed by atoms with E-state index in [1.165, 1.54) is 5.32 Å². The predicted octanol–water partition coefficient (Wildman–Crippen LogP) is 0.380. The number of hydrogen-bond acceptors (Lipinski definition) is 4. The zero-order chi connectivity index (χ0) is 37.7. The van der Waals surface area contributed by atoms with Gasteiger partial charge < -0.3 is 20.6 Å². The van der Waals surface area contributed by atoms with Crippen LogP contribution in [0.1, 0.15) is 66.5 Å². The van der Waals surface area contributed by atoms with E-state index in [-0.39, 0.29) is 4.90 Å². The van der Waals surface area contributed by atoms with E-state index in [1.807, 2.05) is 0 Å².